The zero-order valence-electron chi connectivity index (χ0n) is 16.0. The van der Waals surface area contributed by atoms with E-state index in [1.165, 1.54) is 12.8 Å². The highest BCUT2D eigenvalue weighted by Crippen LogP contribution is 2.32. The van der Waals surface area contributed by atoms with Gasteiger partial charge in [0.2, 0.25) is 0 Å². The van der Waals surface area contributed by atoms with Crippen LogP contribution in [0.5, 0.6) is 0 Å². The van der Waals surface area contributed by atoms with Gasteiger partial charge in [0.1, 0.15) is 5.69 Å². The molecule has 6 nitrogen and oxygen atoms in total. The molecule has 27 heavy (non-hydrogen) atoms. The van der Waals surface area contributed by atoms with Gasteiger partial charge in [-0.15, -0.1) is 0 Å². The molecule has 1 aromatic heterocycles. The van der Waals surface area contributed by atoms with E-state index in [4.69, 9.17) is 4.74 Å². The van der Waals surface area contributed by atoms with Crippen LogP contribution in [-0.2, 0) is 11.3 Å². The van der Waals surface area contributed by atoms with E-state index in [2.05, 4.69) is 22.1 Å². The van der Waals surface area contributed by atoms with Crippen molar-refractivity contribution in [3.05, 3.63) is 53.9 Å². The fraction of sp³-hybridized carbons (Fsp3) is 0.524. The molecule has 0 N–H and O–H groups in total. The quantitative estimate of drug-likeness (QED) is 0.814. The zero-order valence-corrected chi connectivity index (χ0v) is 16.0. The molecule has 2 saturated heterocycles. The van der Waals surface area contributed by atoms with Gasteiger partial charge in [-0.05, 0) is 44.5 Å². The Kier molecular flexibility index (Phi) is 5.55. The van der Waals surface area contributed by atoms with Crippen LogP contribution >= 0.6 is 0 Å². The molecule has 2 atom stereocenters. The Morgan fingerprint density at radius 3 is 2.67 bits per heavy atom. The minimum atomic E-state index is -0.0757. The number of amides is 1. The van der Waals surface area contributed by atoms with Crippen molar-refractivity contribution in [1.82, 2.24) is 19.6 Å². The van der Waals surface area contributed by atoms with E-state index in [1.54, 1.807) is 10.9 Å². The lowest BCUT2D eigenvalue weighted by Crippen LogP contribution is -2.51. The minimum absolute atomic E-state index is 0.0128. The van der Waals surface area contributed by atoms with Gasteiger partial charge in [0.05, 0.1) is 18.8 Å². The molecule has 6 heteroatoms. The van der Waals surface area contributed by atoms with Crippen LogP contribution in [0.2, 0.25) is 0 Å². The largest absolute Gasteiger partial charge is 0.373 e. The molecular weight excluding hydrogens is 340 g/mol. The monoisotopic (exact) mass is 368 g/mol. The zero-order chi connectivity index (χ0) is 18.6. The fourth-order valence-electron chi connectivity index (χ4n) is 4.29. The summed E-state index contributed by atoms with van der Waals surface area (Å²) in [5.74, 6) is 0.0397. The summed E-state index contributed by atoms with van der Waals surface area (Å²) in [7, 11) is 0. The number of rotatable bonds is 5. The number of likely N-dealkylation sites (tertiary alicyclic amines) is 1. The van der Waals surface area contributed by atoms with Crippen LogP contribution in [0.15, 0.2) is 42.6 Å². The summed E-state index contributed by atoms with van der Waals surface area (Å²) in [6.07, 6.45) is 4.19. The molecule has 0 unspecified atom stereocenters. The third-order valence-corrected chi connectivity index (χ3v) is 5.63. The summed E-state index contributed by atoms with van der Waals surface area (Å²) < 4.78 is 7.98. The van der Waals surface area contributed by atoms with Crippen LogP contribution in [0.3, 0.4) is 0 Å². The van der Waals surface area contributed by atoms with Gasteiger partial charge in [0, 0.05) is 25.8 Å². The predicted octanol–water partition coefficient (Wildman–Crippen LogP) is 2.58. The Morgan fingerprint density at radius 1 is 1.15 bits per heavy atom. The van der Waals surface area contributed by atoms with Crippen LogP contribution in [0, 0.1) is 0 Å². The molecule has 0 spiro atoms. The van der Waals surface area contributed by atoms with Crippen LogP contribution in [0.1, 0.15) is 41.9 Å². The number of aryl methyl sites for hydroxylation is 1. The number of hydrogen-bond acceptors (Lipinski definition) is 4. The van der Waals surface area contributed by atoms with Crippen molar-refractivity contribution in [2.75, 3.05) is 32.8 Å². The normalized spacial score (nSPS) is 23.7. The smallest absolute Gasteiger partial charge is 0.272 e. The molecule has 0 bridgehead atoms. The van der Waals surface area contributed by atoms with Crippen molar-refractivity contribution < 1.29 is 9.53 Å². The van der Waals surface area contributed by atoms with Gasteiger partial charge in [-0.3, -0.25) is 9.48 Å². The van der Waals surface area contributed by atoms with Gasteiger partial charge in [-0.2, -0.15) is 5.10 Å². The first-order valence-corrected chi connectivity index (χ1v) is 9.99. The van der Waals surface area contributed by atoms with Crippen LogP contribution in [0.4, 0.5) is 0 Å². The van der Waals surface area contributed by atoms with E-state index < -0.39 is 0 Å². The minimum Gasteiger partial charge on any atom is -0.373 e. The maximum atomic E-state index is 13.4. The molecular formula is C21H28N4O2. The molecule has 1 aromatic carbocycles. The predicted molar refractivity (Wildman–Crippen MR) is 104 cm³/mol. The number of carbonyl (C=O) groups is 1. The van der Waals surface area contributed by atoms with Crippen molar-refractivity contribution in [2.45, 2.75) is 38.5 Å². The summed E-state index contributed by atoms with van der Waals surface area (Å²) in [4.78, 5) is 17.9. The van der Waals surface area contributed by atoms with Gasteiger partial charge < -0.3 is 14.5 Å². The van der Waals surface area contributed by atoms with Gasteiger partial charge in [0.15, 0.2) is 0 Å². The van der Waals surface area contributed by atoms with Crippen molar-refractivity contribution >= 4 is 5.91 Å². The third-order valence-electron chi connectivity index (χ3n) is 5.63. The van der Waals surface area contributed by atoms with E-state index in [0.717, 1.165) is 25.2 Å². The SMILES string of the molecule is CCn1nccc1C(=O)N1CCO[C@@H](CN2CCCC2)[C@@H]1c1ccccc1. The molecule has 4 rings (SSSR count). The Balaban J connectivity index is 1.64. The van der Waals surface area contributed by atoms with E-state index >= 15 is 0 Å². The number of nitrogens with zero attached hydrogens (tertiary/aromatic N) is 4. The van der Waals surface area contributed by atoms with Crippen LogP contribution in [0.25, 0.3) is 0 Å². The lowest BCUT2D eigenvalue weighted by atomic mass is 9.97. The van der Waals surface area contributed by atoms with E-state index in [0.29, 0.717) is 25.4 Å². The topological polar surface area (TPSA) is 50.6 Å². The van der Waals surface area contributed by atoms with Crippen molar-refractivity contribution in [3.8, 4) is 0 Å². The van der Waals surface area contributed by atoms with E-state index in [9.17, 15) is 4.79 Å². The first-order chi connectivity index (χ1) is 13.3. The van der Waals surface area contributed by atoms with Crippen LogP contribution in [-0.4, -0.2) is 64.4 Å². The fourth-order valence-corrected chi connectivity index (χ4v) is 4.29. The second-order valence-electron chi connectivity index (χ2n) is 7.30. The van der Waals surface area contributed by atoms with Crippen LogP contribution < -0.4 is 0 Å². The number of carbonyl (C=O) groups excluding carboxylic acids is 1. The average Bonchev–Trinajstić information content (AvgIpc) is 3.39. The highest BCUT2D eigenvalue weighted by Gasteiger charge is 2.38. The molecule has 2 fully saturated rings. The molecule has 2 aliphatic heterocycles. The third kappa shape index (κ3) is 3.77. The Labute approximate surface area is 160 Å². The van der Waals surface area contributed by atoms with Crippen molar-refractivity contribution in [2.24, 2.45) is 0 Å². The molecule has 2 aliphatic rings. The second-order valence-corrected chi connectivity index (χ2v) is 7.30. The summed E-state index contributed by atoms with van der Waals surface area (Å²) in [5.41, 5.74) is 1.79. The van der Waals surface area contributed by atoms with E-state index in [-0.39, 0.29) is 18.1 Å². The Hall–Kier alpha value is -2.18. The van der Waals surface area contributed by atoms with Gasteiger partial charge in [-0.1, -0.05) is 30.3 Å². The average molecular weight is 368 g/mol. The number of morpholine rings is 1. The molecule has 3 heterocycles. The Bertz CT molecular complexity index is 755. The van der Waals surface area contributed by atoms with Gasteiger partial charge in [-0.25, -0.2) is 0 Å². The van der Waals surface area contributed by atoms with Crippen molar-refractivity contribution in [3.63, 3.8) is 0 Å². The second kappa shape index (κ2) is 8.23. The molecule has 0 radical (unpaired) electrons. The first kappa shape index (κ1) is 18.2. The summed E-state index contributed by atoms with van der Waals surface area (Å²) in [5, 5.41) is 4.28. The first-order valence-electron chi connectivity index (χ1n) is 9.99. The van der Waals surface area contributed by atoms with Crippen molar-refractivity contribution in [1.29, 1.82) is 0 Å². The van der Waals surface area contributed by atoms with E-state index in [1.807, 2.05) is 36.1 Å². The Morgan fingerprint density at radius 2 is 1.93 bits per heavy atom. The molecule has 0 saturated carbocycles. The standard InChI is InChI=1S/C21H28N4O2/c1-2-25-18(10-11-22-25)21(26)24-14-15-27-19(16-23-12-6-7-13-23)20(24)17-8-4-3-5-9-17/h3-5,8-11,19-20H,2,6-7,12-16H2,1H3/t19-,20-/m0/s1. The summed E-state index contributed by atoms with van der Waals surface area (Å²) >= 11 is 0. The molecule has 144 valence electrons. The maximum absolute atomic E-state index is 13.4. The number of aromatic nitrogens is 2. The molecule has 0 aliphatic carbocycles. The highest BCUT2D eigenvalue weighted by atomic mass is 16.5. The maximum Gasteiger partial charge on any atom is 0.272 e. The van der Waals surface area contributed by atoms with Gasteiger partial charge in [0.25, 0.3) is 5.91 Å². The molecule has 2 aromatic rings. The van der Waals surface area contributed by atoms with Gasteiger partial charge >= 0.3 is 0 Å². The summed E-state index contributed by atoms with van der Waals surface area (Å²) in [6.45, 7) is 6.99. The lowest BCUT2D eigenvalue weighted by molar-refractivity contribution is -0.0710. The number of benzene rings is 1. The number of ether oxygens (including phenoxy) is 1. The molecule has 1 amide bonds. The number of hydrogen-bond donors (Lipinski definition) is 0. The summed E-state index contributed by atoms with van der Waals surface area (Å²) in [6, 6.07) is 12.0. The highest BCUT2D eigenvalue weighted by molar-refractivity contribution is 5.93. The lowest BCUT2D eigenvalue weighted by Gasteiger charge is -2.42.